The third-order valence-electron chi connectivity index (χ3n) is 3.68. The first-order valence-corrected chi connectivity index (χ1v) is 6.53. The fraction of sp³-hybridized carbons (Fsp3) is 0.250. The molecule has 2 aromatic rings. The number of hydrogen-bond acceptors (Lipinski definition) is 2. The van der Waals surface area contributed by atoms with Crippen LogP contribution in [-0.2, 0) is 0 Å². The molecule has 0 saturated carbocycles. The molecular formula is C16H18N2. The molecule has 2 nitrogen and oxygen atoms in total. The lowest BCUT2D eigenvalue weighted by atomic mass is 10.1. The standard InChI is InChI=1S/C16H18N2/c1-4-17-12(3)18(5-2)16-11-14-9-7-6-8-13(14)10-15(16)17/h6-11H,3-5H2,1-2H3. The van der Waals surface area contributed by atoms with Crippen molar-refractivity contribution in [1.82, 2.24) is 0 Å². The average molecular weight is 238 g/mol. The molecule has 0 N–H and O–H groups in total. The molecule has 0 saturated heterocycles. The van der Waals surface area contributed by atoms with E-state index in [2.05, 4.69) is 66.6 Å². The van der Waals surface area contributed by atoms with Gasteiger partial charge in [-0.1, -0.05) is 30.8 Å². The summed E-state index contributed by atoms with van der Waals surface area (Å²) in [6.45, 7) is 10.5. The first-order valence-electron chi connectivity index (χ1n) is 6.53. The van der Waals surface area contributed by atoms with Crippen molar-refractivity contribution in [2.75, 3.05) is 22.9 Å². The maximum atomic E-state index is 4.22. The van der Waals surface area contributed by atoms with Crippen molar-refractivity contribution in [3.05, 3.63) is 48.8 Å². The lowest BCUT2D eigenvalue weighted by molar-refractivity contribution is 0.905. The number of rotatable bonds is 2. The highest BCUT2D eigenvalue weighted by molar-refractivity contribution is 5.96. The molecule has 3 rings (SSSR count). The zero-order valence-electron chi connectivity index (χ0n) is 11.0. The van der Waals surface area contributed by atoms with E-state index in [1.807, 2.05) is 0 Å². The van der Waals surface area contributed by atoms with E-state index in [0.29, 0.717) is 0 Å². The predicted molar refractivity (Wildman–Crippen MR) is 79.1 cm³/mol. The second kappa shape index (κ2) is 4.05. The molecule has 0 amide bonds. The van der Waals surface area contributed by atoms with Crippen molar-refractivity contribution in [3.8, 4) is 0 Å². The van der Waals surface area contributed by atoms with Crippen molar-refractivity contribution in [3.63, 3.8) is 0 Å². The zero-order valence-corrected chi connectivity index (χ0v) is 11.0. The van der Waals surface area contributed by atoms with Crippen LogP contribution in [0.25, 0.3) is 10.8 Å². The van der Waals surface area contributed by atoms with Crippen LogP contribution in [0.15, 0.2) is 48.8 Å². The Kier molecular flexibility index (Phi) is 2.51. The summed E-state index contributed by atoms with van der Waals surface area (Å²) in [5.41, 5.74) is 2.56. The Balaban J connectivity index is 2.26. The first kappa shape index (κ1) is 11.1. The van der Waals surface area contributed by atoms with Crippen molar-refractivity contribution < 1.29 is 0 Å². The van der Waals surface area contributed by atoms with E-state index in [1.54, 1.807) is 0 Å². The second-order valence-electron chi connectivity index (χ2n) is 4.59. The SMILES string of the molecule is C=C1N(CC)c2cc3ccccc3cc2N1CC. The molecule has 0 unspecified atom stereocenters. The summed E-state index contributed by atoms with van der Waals surface area (Å²) in [4.78, 5) is 4.57. The summed E-state index contributed by atoms with van der Waals surface area (Å²) in [7, 11) is 0. The maximum Gasteiger partial charge on any atom is 0.106 e. The first-order chi connectivity index (χ1) is 8.76. The molecule has 92 valence electrons. The van der Waals surface area contributed by atoms with Crippen LogP contribution >= 0.6 is 0 Å². The quantitative estimate of drug-likeness (QED) is 0.781. The largest absolute Gasteiger partial charge is 0.327 e. The van der Waals surface area contributed by atoms with E-state index in [4.69, 9.17) is 0 Å². The molecule has 0 spiro atoms. The smallest absolute Gasteiger partial charge is 0.106 e. The third kappa shape index (κ3) is 1.42. The number of hydrogen-bond donors (Lipinski definition) is 0. The summed E-state index contributed by atoms with van der Waals surface area (Å²) in [5, 5.41) is 2.58. The molecule has 1 aliphatic heterocycles. The monoisotopic (exact) mass is 238 g/mol. The molecule has 0 aliphatic carbocycles. The van der Waals surface area contributed by atoms with Gasteiger partial charge in [-0.05, 0) is 36.8 Å². The second-order valence-corrected chi connectivity index (χ2v) is 4.59. The average Bonchev–Trinajstić information content (AvgIpc) is 2.66. The molecule has 0 aromatic heterocycles. The van der Waals surface area contributed by atoms with E-state index >= 15 is 0 Å². The maximum absolute atomic E-state index is 4.22. The highest BCUT2D eigenvalue weighted by Crippen LogP contribution is 2.42. The van der Waals surface area contributed by atoms with Gasteiger partial charge in [-0.3, -0.25) is 0 Å². The molecule has 18 heavy (non-hydrogen) atoms. The van der Waals surface area contributed by atoms with Gasteiger partial charge in [0.1, 0.15) is 5.82 Å². The van der Waals surface area contributed by atoms with Gasteiger partial charge in [-0.2, -0.15) is 0 Å². The number of fused-ring (bicyclic) bond motifs is 2. The highest BCUT2D eigenvalue weighted by Gasteiger charge is 2.27. The molecule has 2 heteroatoms. The summed E-state index contributed by atoms with van der Waals surface area (Å²) >= 11 is 0. The van der Waals surface area contributed by atoms with Crippen molar-refractivity contribution >= 4 is 22.1 Å². The van der Waals surface area contributed by atoms with Gasteiger partial charge in [-0.25, -0.2) is 0 Å². The van der Waals surface area contributed by atoms with Crippen LogP contribution < -0.4 is 9.80 Å². The Bertz CT molecular complexity index is 563. The summed E-state index contributed by atoms with van der Waals surface area (Å²) < 4.78 is 0. The summed E-state index contributed by atoms with van der Waals surface area (Å²) in [5.74, 6) is 1.09. The van der Waals surface area contributed by atoms with E-state index in [-0.39, 0.29) is 0 Å². The van der Waals surface area contributed by atoms with Crippen LogP contribution in [0.4, 0.5) is 11.4 Å². The normalized spacial score (nSPS) is 14.4. The number of benzene rings is 2. The Morgan fingerprint density at radius 3 is 1.72 bits per heavy atom. The molecule has 1 aliphatic rings. The third-order valence-corrected chi connectivity index (χ3v) is 3.68. The van der Waals surface area contributed by atoms with Gasteiger partial charge in [0.05, 0.1) is 11.4 Å². The van der Waals surface area contributed by atoms with Crippen LogP contribution in [0.3, 0.4) is 0 Å². The van der Waals surface area contributed by atoms with Gasteiger partial charge in [0.25, 0.3) is 0 Å². The van der Waals surface area contributed by atoms with E-state index < -0.39 is 0 Å². The van der Waals surface area contributed by atoms with Crippen LogP contribution in [0.2, 0.25) is 0 Å². The Labute approximate surface area is 108 Å². The minimum atomic E-state index is 0.959. The lowest BCUT2D eigenvalue weighted by Crippen LogP contribution is -2.26. The molecular weight excluding hydrogens is 220 g/mol. The fourth-order valence-electron chi connectivity index (χ4n) is 2.78. The van der Waals surface area contributed by atoms with Crippen LogP contribution in [-0.4, -0.2) is 13.1 Å². The Morgan fingerprint density at radius 2 is 1.33 bits per heavy atom. The van der Waals surface area contributed by atoms with E-state index in [0.717, 1.165) is 18.9 Å². The Hall–Kier alpha value is -1.96. The topological polar surface area (TPSA) is 6.48 Å². The lowest BCUT2D eigenvalue weighted by Gasteiger charge is -2.21. The van der Waals surface area contributed by atoms with Gasteiger partial charge in [-0.15, -0.1) is 0 Å². The van der Waals surface area contributed by atoms with Crippen molar-refractivity contribution in [2.24, 2.45) is 0 Å². The zero-order chi connectivity index (χ0) is 12.7. The van der Waals surface area contributed by atoms with E-state index in [9.17, 15) is 0 Å². The van der Waals surface area contributed by atoms with Crippen molar-refractivity contribution in [2.45, 2.75) is 13.8 Å². The molecule has 0 atom stereocenters. The summed E-state index contributed by atoms with van der Waals surface area (Å²) in [6.07, 6.45) is 0. The molecule has 0 fully saturated rings. The minimum absolute atomic E-state index is 0.959. The Morgan fingerprint density at radius 1 is 0.889 bits per heavy atom. The van der Waals surface area contributed by atoms with Gasteiger partial charge in [0, 0.05) is 13.1 Å². The van der Waals surface area contributed by atoms with Gasteiger partial charge in [0.15, 0.2) is 0 Å². The van der Waals surface area contributed by atoms with Crippen LogP contribution in [0.5, 0.6) is 0 Å². The molecule has 1 heterocycles. The predicted octanol–water partition coefficient (Wildman–Crippen LogP) is 3.98. The van der Waals surface area contributed by atoms with Crippen molar-refractivity contribution in [1.29, 1.82) is 0 Å². The minimum Gasteiger partial charge on any atom is -0.327 e. The highest BCUT2D eigenvalue weighted by atomic mass is 15.4. The van der Waals surface area contributed by atoms with Crippen LogP contribution in [0, 0.1) is 0 Å². The molecule has 0 bridgehead atoms. The van der Waals surface area contributed by atoms with Gasteiger partial charge in [0.2, 0.25) is 0 Å². The molecule has 2 aromatic carbocycles. The fourth-order valence-corrected chi connectivity index (χ4v) is 2.78. The van der Waals surface area contributed by atoms with Crippen LogP contribution in [0.1, 0.15) is 13.8 Å². The van der Waals surface area contributed by atoms with E-state index in [1.165, 1.54) is 22.1 Å². The van der Waals surface area contributed by atoms with Gasteiger partial charge >= 0.3 is 0 Å². The van der Waals surface area contributed by atoms with Gasteiger partial charge < -0.3 is 9.80 Å². The summed E-state index contributed by atoms with van der Waals surface area (Å²) in [6, 6.07) is 13.1. The number of nitrogens with zero attached hydrogens (tertiary/aromatic N) is 2. The number of anilines is 2. The molecule has 0 radical (unpaired) electrons.